The Hall–Kier alpha value is -0.0762. The molecule has 0 spiro atoms. The number of hydrogen-bond acceptors (Lipinski definition) is 1. The number of unbranched alkanes of at least 4 members (excludes halogenated alkanes) is 1. The Morgan fingerprint density at radius 2 is 2.38 bits per heavy atom. The second-order valence-electron chi connectivity index (χ2n) is 2.44. The van der Waals surface area contributed by atoms with E-state index >= 15 is 0 Å². The fourth-order valence-corrected chi connectivity index (χ4v) is 2.83. The zero-order chi connectivity index (χ0) is 6.41. The third-order valence-electron chi connectivity index (χ3n) is 1.07. The summed E-state index contributed by atoms with van der Waals surface area (Å²) in [6, 6.07) is 3.55. The summed E-state index contributed by atoms with van der Waals surface area (Å²) in [7, 11) is 1.20. The first-order valence-electron chi connectivity index (χ1n) is 3.14. The lowest BCUT2D eigenvalue weighted by Gasteiger charge is -1.96. The van der Waals surface area contributed by atoms with Gasteiger partial charge in [-0.2, -0.15) is 5.26 Å². The molecule has 3 heteroatoms. The van der Waals surface area contributed by atoms with Crippen molar-refractivity contribution >= 4 is 18.1 Å². The van der Waals surface area contributed by atoms with Crippen molar-refractivity contribution in [3.63, 3.8) is 0 Å². The lowest BCUT2D eigenvalue weighted by Crippen LogP contribution is -2.04. The monoisotopic (exact) mass is 143 g/mol. The van der Waals surface area contributed by atoms with Crippen molar-refractivity contribution in [3.05, 3.63) is 0 Å². The first kappa shape index (κ1) is 7.92. The van der Waals surface area contributed by atoms with Gasteiger partial charge in [-0.25, -0.2) is 0 Å². The smallest absolute Gasteiger partial charge is 0.0621 e. The maximum Gasteiger partial charge on any atom is 0.0621 e. The zero-order valence-electron chi connectivity index (χ0n) is 5.65. The first-order valence-corrected chi connectivity index (χ1v) is 9.73. The van der Waals surface area contributed by atoms with Crippen molar-refractivity contribution in [2.75, 3.05) is 0 Å². The van der Waals surface area contributed by atoms with Gasteiger partial charge >= 0.3 is 0 Å². The molecule has 8 heavy (non-hydrogen) atoms. The predicted octanol–water partition coefficient (Wildman–Crippen LogP) is 0.00918. The molecule has 46 valence electrons. The fourth-order valence-electron chi connectivity index (χ4n) is 0.589. The van der Waals surface area contributed by atoms with Crippen molar-refractivity contribution in [3.8, 4) is 6.07 Å². The van der Waals surface area contributed by atoms with Crippen LogP contribution < -0.4 is 0 Å². The molecule has 0 amide bonds. The van der Waals surface area contributed by atoms with E-state index in [4.69, 9.17) is 5.26 Å². The van der Waals surface area contributed by atoms with E-state index in [0.717, 1.165) is 12.8 Å². The van der Waals surface area contributed by atoms with Crippen LogP contribution in [0.5, 0.6) is 0 Å². The van der Waals surface area contributed by atoms with Crippen LogP contribution in [0.1, 0.15) is 12.8 Å². The molecule has 0 saturated carbocycles. The molecule has 0 saturated heterocycles. The van der Waals surface area contributed by atoms with Crippen LogP contribution >= 0.6 is 0 Å². The number of rotatable bonds is 3. The number of nitriles is 1. The maximum atomic E-state index is 8.16. The molecule has 0 aromatic carbocycles. The maximum absolute atomic E-state index is 8.16. The summed E-state index contributed by atoms with van der Waals surface area (Å²) >= 11 is 0. The third-order valence-corrected chi connectivity index (χ3v) is 4.37. The van der Waals surface area contributed by atoms with Gasteiger partial charge in [-0.15, -0.1) is 0 Å². The second-order valence-corrected chi connectivity index (χ2v) is 11.7. The minimum absolute atomic E-state index is 0.214. The van der Waals surface area contributed by atoms with Gasteiger partial charge in [0.15, 0.2) is 0 Å². The summed E-state index contributed by atoms with van der Waals surface area (Å²) in [5.41, 5.74) is 0. The molecule has 0 heterocycles. The van der Waals surface area contributed by atoms with Crippen LogP contribution in [0, 0.1) is 11.3 Å². The summed E-state index contributed by atoms with van der Waals surface area (Å²) in [4.78, 5) is 0. The molecule has 0 bridgehead atoms. The van der Waals surface area contributed by atoms with Crippen molar-refractivity contribution in [2.45, 2.75) is 25.4 Å². The largest absolute Gasteiger partial charge is 0.198 e. The average molecular weight is 143 g/mol. The Balaban J connectivity index is 2.85. The van der Waals surface area contributed by atoms with Crippen LogP contribution in [0.4, 0.5) is 0 Å². The molecule has 1 atom stereocenters. The molecule has 0 aliphatic rings. The summed E-state index contributed by atoms with van der Waals surface area (Å²) < 4.78 is 0. The van der Waals surface area contributed by atoms with Gasteiger partial charge in [0.1, 0.15) is 0 Å². The van der Waals surface area contributed by atoms with Crippen molar-refractivity contribution < 1.29 is 0 Å². The third kappa shape index (κ3) is 5.92. The topological polar surface area (TPSA) is 23.8 Å². The van der Waals surface area contributed by atoms with E-state index in [0.29, 0.717) is 0 Å². The Morgan fingerprint density at radius 1 is 1.75 bits per heavy atom. The summed E-state index contributed by atoms with van der Waals surface area (Å²) in [6.07, 6.45) is 1.94. The molecule has 0 radical (unpaired) electrons. The van der Waals surface area contributed by atoms with E-state index in [-0.39, 0.29) is 8.31 Å². The Bertz CT molecular complexity index is 84.9. The van der Waals surface area contributed by atoms with Crippen LogP contribution in [0.3, 0.4) is 0 Å². The van der Waals surface area contributed by atoms with Gasteiger partial charge < -0.3 is 0 Å². The zero-order valence-corrected chi connectivity index (χ0v) is 8.80. The van der Waals surface area contributed by atoms with E-state index in [2.05, 4.69) is 12.6 Å². The lowest BCUT2D eigenvalue weighted by molar-refractivity contribution is 0.958. The van der Waals surface area contributed by atoms with Gasteiger partial charge in [0.2, 0.25) is 0 Å². The van der Waals surface area contributed by atoms with Crippen LogP contribution in [0.25, 0.3) is 0 Å². The van der Waals surface area contributed by atoms with Crippen molar-refractivity contribution in [2.24, 2.45) is 0 Å². The summed E-state index contributed by atoms with van der Waals surface area (Å²) in [6.45, 7) is 2.38. The molecule has 0 aliphatic heterocycles. The molecule has 0 aliphatic carbocycles. The molecule has 0 aromatic rings. The van der Waals surface area contributed by atoms with Gasteiger partial charge in [0, 0.05) is 14.7 Å². The molecule has 1 nitrogen and oxygen atoms in total. The number of hydrogen-bond donors (Lipinski definition) is 0. The molecular weight excluding hydrogens is 130 g/mol. The highest BCUT2D eigenvalue weighted by molar-refractivity contribution is 7.02. The highest BCUT2D eigenvalue weighted by Gasteiger charge is 1.92. The Morgan fingerprint density at radius 3 is 2.75 bits per heavy atom. The second kappa shape index (κ2) is 5.07. The number of nitrogens with zero attached hydrogens (tertiary/aromatic N) is 1. The van der Waals surface area contributed by atoms with E-state index in [9.17, 15) is 0 Å². The summed E-state index contributed by atoms with van der Waals surface area (Å²) in [5.74, 6) is 0. The van der Waals surface area contributed by atoms with E-state index in [1.54, 1.807) is 0 Å². The van der Waals surface area contributed by atoms with Gasteiger partial charge in [0.25, 0.3) is 0 Å². The van der Waals surface area contributed by atoms with E-state index in [1.165, 1.54) is 15.8 Å². The normalized spacial score (nSPS) is 13.0. The Labute approximate surface area is 55.5 Å². The summed E-state index contributed by atoms with van der Waals surface area (Å²) in [5, 5.41) is 8.16. The van der Waals surface area contributed by atoms with Gasteiger partial charge in [-0.3, -0.25) is 0 Å². The van der Waals surface area contributed by atoms with Gasteiger partial charge in [-0.05, 0) is 16.2 Å². The Kier molecular flexibility index (Phi) is 5.02. The SMILES string of the molecule is C[SiH]([SiH3])CCCC#N. The first-order chi connectivity index (χ1) is 3.77. The van der Waals surface area contributed by atoms with E-state index in [1.807, 2.05) is 0 Å². The highest BCUT2D eigenvalue weighted by atomic mass is 29.1. The fraction of sp³-hybridized carbons (Fsp3) is 0.800. The molecule has 0 N–H and O–H groups in total. The van der Waals surface area contributed by atoms with Crippen LogP contribution in [0.2, 0.25) is 12.6 Å². The molecule has 0 rings (SSSR count). The standard InChI is InChI=1S/C5H13NSi2/c1-8(7)5-3-2-4-6/h8H,2-3,5H2,1,7H3. The quantitative estimate of drug-likeness (QED) is 0.403. The lowest BCUT2D eigenvalue weighted by atomic mass is 10.4. The van der Waals surface area contributed by atoms with Crippen molar-refractivity contribution in [1.29, 1.82) is 5.26 Å². The van der Waals surface area contributed by atoms with Gasteiger partial charge in [-0.1, -0.05) is 12.6 Å². The minimum atomic E-state index is -0.214. The molecule has 1 unspecified atom stereocenters. The minimum Gasteiger partial charge on any atom is -0.198 e. The average Bonchev–Trinajstić information content (AvgIpc) is 1.66. The van der Waals surface area contributed by atoms with Crippen LogP contribution in [-0.2, 0) is 0 Å². The highest BCUT2D eigenvalue weighted by Crippen LogP contribution is 1.96. The van der Waals surface area contributed by atoms with Gasteiger partial charge in [0.05, 0.1) is 6.07 Å². The molecule has 0 fully saturated rings. The van der Waals surface area contributed by atoms with Crippen LogP contribution in [0.15, 0.2) is 0 Å². The van der Waals surface area contributed by atoms with E-state index < -0.39 is 0 Å². The van der Waals surface area contributed by atoms with Crippen molar-refractivity contribution in [1.82, 2.24) is 0 Å². The molecule has 0 aromatic heterocycles. The molecular formula is C5H13NSi2. The van der Waals surface area contributed by atoms with Crippen LogP contribution in [-0.4, -0.2) is 18.1 Å². The predicted molar refractivity (Wildman–Crippen MR) is 42.6 cm³/mol.